The van der Waals surface area contributed by atoms with Gasteiger partial charge in [-0.3, -0.25) is 0 Å². The van der Waals surface area contributed by atoms with Crippen molar-refractivity contribution in [2.75, 3.05) is 16.8 Å². The number of nitrogens with zero attached hydrogens (tertiary/aromatic N) is 2. The smallest absolute Gasteiger partial charge is 0.134 e. The van der Waals surface area contributed by atoms with Crippen LogP contribution in [0.25, 0.3) is 0 Å². The van der Waals surface area contributed by atoms with Crippen molar-refractivity contribution in [1.29, 1.82) is 0 Å². The molecule has 0 spiro atoms. The molecule has 1 fully saturated rings. The van der Waals surface area contributed by atoms with Crippen LogP contribution in [-0.2, 0) is 0 Å². The molecule has 0 bridgehead atoms. The maximum Gasteiger partial charge on any atom is 0.134 e. The van der Waals surface area contributed by atoms with E-state index in [0.717, 1.165) is 11.6 Å². The summed E-state index contributed by atoms with van der Waals surface area (Å²) >= 11 is 7.86. The van der Waals surface area contributed by atoms with Gasteiger partial charge in [-0.15, -0.1) is 0 Å². The summed E-state index contributed by atoms with van der Waals surface area (Å²) < 4.78 is 0. The number of nitrogens with one attached hydrogen (secondary N) is 1. The molecule has 1 N–H and O–H groups in total. The van der Waals surface area contributed by atoms with Crippen LogP contribution in [0.2, 0.25) is 5.15 Å². The lowest BCUT2D eigenvalue weighted by Gasteiger charge is -2.23. The molecule has 82 valence electrons. The van der Waals surface area contributed by atoms with Gasteiger partial charge in [0.1, 0.15) is 16.8 Å². The molecule has 5 heteroatoms. The molecule has 1 aromatic heterocycles. The quantitative estimate of drug-likeness (QED) is 0.811. The van der Waals surface area contributed by atoms with Gasteiger partial charge in [0.25, 0.3) is 0 Å². The summed E-state index contributed by atoms with van der Waals surface area (Å²) in [6.45, 7) is 1.85. The summed E-state index contributed by atoms with van der Waals surface area (Å²) in [5, 5.41) is 3.91. The van der Waals surface area contributed by atoms with Crippen LogP contribution < -0.4 is 5.32 Å². The highest BCUT2D eigenvalue weighted by Gasteiger charge is 2.14. The molecular weight excluding hydrogens is 230 g/mol. The normalized spacial score (nSPS) is 21.3. The zero-order valence-electron chi connectivity index (χ0n) is 8.66. The van der Waals surface area contributed by atoms with Crippen LogP contribution in [0, 0.1) is 6.92 Å². The van der Waals surface area contributed by atoms with E-state index < -0.39 is 0 Å². The fraction of sp³-hybridized carbons (Fsp3) is 0.600. The molecule has 1 aliphatic heterocycles. The van der Waals surface area contributed by atoms with Crippen molar-refractivity contribution in [1.82, 2.24) is 9.97 Å². The van der Waals surface area contributed by atoms with Crippen LogP contribution in [0.5, 0.6) is 0 Å². The SMILES string of the molecule is Cc1nc(Cl)cc(NC2CCCSC2)n1. The van der Waals surface area contributed by atoms with Crippen LogP contribution in [0.15, 0.2) is 6.07 Å². The van der Waals surface area contributed by atoms with E-state index >= 15 is 0 Å². The number of thioether (sulfide) groups is 1. The van der Waals surface area contributed by atoms with Gasteiger partial charge in [0.05, 0.1) is 0 Å². The molecule has 1 aromatic rings. The molecule has 2 heterocycles. The largest absolute Gasteiger partial charge is 0.366 e. The lowest BCUT2D eigenvalue weighted by Crippen LogP contribution is -2.26. The van der Waals surface area contributed by atoms with E-state index in [1.54, 1.807) is 6.07 Å². The highest BCUT2D eigenvalue weighted by Crippen LogP contribution is 2.21. The standard InChI is InChI=1S/C10H14ClN3S/c1-7-12-9(11)5-10(13-7)14-8-3-2-4-15-6-8/h5,8H,2-4,6H2,1H3,(H,12,13,14). The van der Waals surface area contributed by atoms with Crippen LogP contribution in [0.3, 0.4) is 0 Å². The van der Waals surface area contributed by atoms with Crippen molar-refractivity contribution in [3.05, 3.63) is 17.0 Å². The Morgan fingerprint density at radius 1 is 1.53 bits per heavy atom. The van der Waals surface area contributed by atoms with E-state index in [-0.39, 0.29) is 0 Å². The number of rotatable bonds is 2. The molecule has 3 nitrogen and oxygen atoms in total. The molecule has 0 amide bonds. The third-order valence-electron chi connectivity index (χ3n) is 2.32. The van der Waals surface area contributed by atoms with Gasteiger partial charge in [-0.2, -0.15) is 11.8 Å². The van der Waals surface area contributed by atoms with E-state index in [0.29, 0.717) is 17.0 Å². The van der Waals surface area contributed by atoms with Gasteiger partial charge in [0.15, 0.2) is 0 Å². The van der Waals surface area contributed by atoms with E-state index in [1.807, 2.05) is 18.7 Å². The summed E-state index contributed by atoms with van der Waals surface area (Å²) in [6.07, 6.45) is 2.49. The second kappa shape index (κ2) is 5.03. The summed E-state index contributed by atoms with van der Waals surface area (Å²) in [7, 11) is 0. The highest BCUT2D eigenvalue weighted by atomic mass is 35.5. The van der Waals surface area contributed by atoms with Crippen molar-refractivity contribution < 1.29 is 0 Å². The Kier molecular flexibility index (Phi) is 3.70. The maximum absolute atomic E-state index is 5.87. The van der Waals surface area contributed by atoms with Gasteiger partial charge in [0, 0.05) is 17.9 Å². The second-order valence-corrected chi connectivity index (χ2v) is 5.22. The van der Waals surface area contributed by atoms with Gasteiger partial charge >= 0.3 is 0 Å². The van der Waals surface area contributed by atoms with Gasteiger partial charge in [-0.1, -0.05) is 11.6 Å². The first-order valence-electron chi connectivity index (χ1n) is 5.09. The Bertz CT molecular complexity index is 319. The van der Waals surface area contributed by atoms with Gasteiger partial charge in [-0.05, 0) is 25.5 Å². The molecule has 15 heavy (non-hydrogen) atoms. The van der Waals surface area contributed by atoms with Gasteiger partial charge in [-0.25, -0.2) is 9.97 Å². The molecule has 0 aromatic carbocycles. The Morgan fingerprint density at radius 3 is 3.07 bits per heavy atom. The van der Waals surface area contributed by atoms with Gasteiger partial charge in [0.2, 0.25) is 0 Å². The van der Waals surface area contributed by atoms with Crippen molar-refractivity contribution in [2.24, 2.45) is 0 Å². The molecule has 0 radical (unpaired) electrons. The number of anilines is 1. The number of aromatic nitrogens is 2. The molecule has 0 aliphatic carbocycles. The predicted molar refractivity (Wildman–Crippen MR) is 65.7 cm³/mol. The minimum Gasteiger partial charge on any atom is -0.366 e. The zero-order chi connectivity index (χ0) is 10.7. The Labute approximate surface area is 99.0 Å². The van der Waals surface area contributed by atoms with E-state index in [9.17, 15) is 0 Å². The fourth-order valence-corrected chi connectivity index (χ4v) is 2.97. The Balaban J connectivity index is 2.02. The average molecular weight is 244 g/mol. The summed E-state index contributed by atoms with van der Waals surface area (Å²) in [5.74, 6) is 4.00. The first kappa shape index (κ1) is 11.0. The van der Waals surface area contributed by atoms with Crippen LogP contribution in [-0.4, -0.2) is 27.5 Å². The van der Waals surface area contributed by atoms with Crippen LogP contribution in [0.4, 0.5) is 5.82 Å². The van der Waals surface area contributed by atoms with Crippen LogP contribution in [0.1, 0.15) is 18.7 Å². The molecular formula is C10H14ClN3S. The minimum absolute atomic E-state index is 0.508. The van der Waals surface area contributed by atoms with Crippen molar-refractivity contribution in [3.8, 4) is 0 Å². The summed E-state index contributed by atoms with van der Waals surface area (Å²) in [4.78, 5) is 8.35. The van der Waals surface area contributed by atoms with Crippen LogP contribution >= 0.6 is 23.4 Å². The Morgan fingerprint density at radius 2 is 2.40 bits per heavy atom. The van der Waals surface area contributed by atoms with E-state index in [4.69, 9.17) is 11.6 Å². The topological polar surface area (TPSA) is 37.8 Å². The minimum atomic E-state index is 0.508. The fourth-order valence-electron chi connectivity index (χ4n) is 1.67. The number of halogens is 1. The average Bonchev–Trinajstić information content (AvgIpc) is 2.17. The molecule has 0 saturated carbocycles. The third-order valence-corrected chi connectivity index (χ3v) is 3.73. The molecule has 2 rings (SSSR count). The monoisotopic (exact) mass is 243 g/mol. The first-order chi connectivity index (χ1) is 7.24. The zero-order valence-corrected chi connectivity index (χ0v) is 10.2. The molecule has 1 saturated heterocycles. The maximum atomic E-state index is 5.87. The second-order valence-electron chi connectivity index (χ2n) is 3.68. The van der Waals surface area contributed by atoms with Crippen molar-refractivity contribution >= 4 is 29.2 Å². The Hall–Kier alpha value is -0.480. The molecule has 1 atom stereocenters. The molecule has 1 aliphatic rings. The number of hydrogen-bond acceptors (Lipinski definition) is 4. The number of aryl methyl sites for hydroxylation is 1. The molecule has 1 unspecified atom stereocenters. The lowest BCUT2D eigenvalue weighted by atomic mass is 10.2. The highest BCUT2D eigenvalue weighted by molar-refractivity contribution is 7.99. The van der Waals surface area contributed by atoms with Crippen molar-refractivity contribution in [2.45, 2.75) is 25.8 Å². The first-order valence-corrected chi connectivity index (χ1v) is 6.63. The lowest BCUT2D eigenvalue weighted by molar-refractivity contribution is 0.681. The van der Waals surface area contributed by atoms with Gasteiger partial charge < -0.3 is 5.32 Å². The van der Waals surface area contributed by atoms with E-state index in [1.165, 1.54) is 18.6 Å². The summed E-state index contributed by atoms with van der Waals surface area (Å²) in [5.41, 5.74) is 0. The summed E-state index contributed by atoms with van der Waals surface area (Å²) in [6, 6.07) is 2.31. The van der Waals surface area contributed by atoms with Crippen molar-refractivity contribution in [3.63, 3.8) is 0 Å². The van der Waals surface area contributed by atoms with E-state index in [2.05, 4.69) is 15.3 Å². The third kappa shape index (κ3) is 3.24. The number of hydrogen-bond donors (Lipinski definition) is 1. The predicted octanol–water partition coefficient (Wildman–Crippen LogP) is 2.75.